The summed E-state index contributed by atoms with van der Waals surface area (Å²) in [5.74, 6) is 0.131. The Kier molecular flexibility index (Phi) is 4.80. The lowest BCUT2D eigenvalue weighted by molar-refractivity contribution is 0.0734. The summed E-state index contributed by atoms with van der Waals surface area (Å²) in [5.41, 5.74) is 5.65. The maximum atomic E-state index is 13.4. The molecule has 27 heavy (non-hydrogen) atoms. The van der Waals surface area contributed by atoms with E-state index in [4.69, 9.17) is 0 Å². The number of aromatic nitrogens is 2. The second kappa shape index (κ2) is 7.39. The highest BCUT2D eigenvalue weighted by molar-refractivity contribution is 5.96. The Morgan fingerprint density at radius 2 is 2.00 bits per heavy atom. The standard InChI is InChI=1S/C23H25N3O/c1-17-9-10-19(14-18(17)2)22-8-5-12-26(22)23(27)21-7-4-3-6-20(21)15-25-13-11-24-16-25/h3-4,6-7,9-11,13-14,16,22H,5,8,12,15H2,1-2H3. The summed E-state index contributed by atoms with van der Waals surface area (Å²) in [6, 6.07) is 14.7. The lowest BCUT2D eigenvalue weighted by Crippen LogP contribution is -2.31. The molecule has 0 aliphatic carbocycles. The number of hydrogen-bond acceptors (Lipinski definition) is 2. The van der Waals surface area contributed by atoms with Crippen LogP contribution in [0, 0.1) is 13.8 Å². The molecule has 0 saturated carbocycles. The summed E-state index contributed by atoms with van der Waals surface area (Å²) in [4.78, 5) is 19.6. The van der Waals surface area contributed by atoms with E-state index < -0.39 is 0 Å². The molecule has 1 saturated heterocycles. The summed E-state index contributed by atoms with van der Waals surface area (Å²) in [7, 11) is 0. The zero-order valence-electron chi connectivity index (χ0n) is 15.9. The summed E-state index contributed by atoms with van der Waals surface area (Å²) in [6.07, 6.45) is 7.55. The van der Waals surface area contributed by atoms with Gasteiger partial charge in [-0.3, -0.25) is 4.79 Å². The van der Waals surface area contributed by atoms with Crippen LogP contribution in [0.3, 0.4) is 0 Å². The van der Waals surface area contributed by atoms with Crippen molar-refractivity contribution in [2.75, 3.05) is 6.54 Å². The van der Waals surface area contributed by atoms with Gasteiger partial charge in [0.1, 0.15) is 0 Å². The lowest BCUT2D eigenvalue weighted by atomic mass is 9.98. The van der Waals surface area contributed by atoms with E-state index in [-0.39, 0.29) is 11.9 Å². The van der Waals surface area contributed by atoms with Crippen LogP contribution in [0.1, 0.15) is 51.5 Å². The summed E-state index contributed by atoms with van der Waals surface area (Å²) >= 11 is 0. The molecular formula is C23H25N3O. The predicted molar refractivity (Wildman–Crippen MR) is 107 cm³/mol. The SMILES string of the molecule is Cc1ccc(C2CCCN2C(=O)c2ccccc2Cn2ccnc2)cc1C. The van der Waals surface area contributed by atoms with Crippen molar-refractivity contribution in [1.82, 2.24) is 14.5 Å². The first-order valence-electron chi connectivity index (χ1n) is 9.55. The summed E-state index contributed by atoms with van der Waals surface area (Å²) < 4.78 is 2.00. The molecule has 0 bridgehead atoms. The molecule has 1 aliphatic rings. The van der Waals surface area contributed by atoms with Crippen molar-refractivity contribution in [2.45, 2.75) is 39.3 Å². The fourth-order valence-corrected chi connectivity index (χ4v) is 3.93. The van der Waals surface area contributed by atoms with Gasteiger partial charge in [-0.2, -0.15) is 0 Å². The molecule has 0 radical (unpaired) electrons. The fraction of sp³-hybridized carbons (Fsp3) is 0.304. The van der Waals surface area contributed by atoms with Crippen molar-refractivity contribution < 1.29 is 4.79 Å². The topological polar surface area (TPSA) is 38.1 Å². The third-order valence-electron chi connectivity index (χ3n) is 5.59. The highest BCUT2D eigenvalue weighted by Crippen LogP contribution is 2.34. The number of likely N-dealkylation sites (tertiary alicyclic amines) is 1. The highest BCUT2D eigenvalue weighted by atomic mass is 16.2. The first kappa shape index (κ1) is 17.5. The number of rotatable bonds is 4. The Bertz CT molecular complexity index is 946. The van der Waals surface area contributed by atoms with Gasteiger partial charge in [0, 0.05) is 31.0 Å². The van der Waals surface area contributed by atoms with E-state index in [2.05, 4.69) is 41.9 Å². The monoisotopic (exact) mass is 359 g/mol. The number of amides is 1. The molecule has 4 rings (SSSR count). The third-order valence-corrected chi connectivity index (χ3v) is 5.59. The van der Waals surface area contributed by atoms with Crippen molar-refractivity contribution >= 4 is 5.91 Å². The average molecular weight is 359 g/mol. The summed E-state index contributed by atoms with van der Waals surface area (Å²) in [5, 5.41) is 0. The molecule has 1 amide bonds. The molecule has 1 aliphatic heterocycles. The minimum Gasteiger partial charge on any atom is -0.333 e. The van der Waals surface area contributed by atoms with Crippen LogP contribution in [-0.2, 0) is 6.54 Å². The molecule has 4 heteroatoms. The Morgan fingerprint density at radius 3 is 2.78 bits per heavy atom. The molecular weight excluding hydrogens is 334 g/mol. The van der Waals surface area contributed by atoms with Gasteiger partial charge >= 0.3 is 0 Å². The average Bonchev–Trinajstić information content (AvgIpc) is 3.36. The minimum atomic E-state index is 0.131. The number of hydrogen-bond donors (Lipinski definition) is 0. The van der Waals surface area contributed by atoms with Crippen LogP contribution >= 0.6 is 0 Å². The van der Waals surface area contributed by atoms with E-state index in [0.717, 1.165) is 30.5 Å². The van der Waals surface area contributed by atoms with Crippen molar-refractivity contribution in [1.29, 1.82) is 0 Å². The Labute approximate surface area is 160 Å². The van der Waals surface area contributed by atoms with Gasteiger partial charge in [0.2, 0.25) is 0 Å². The molecule has 1 unspecified atom stereocenters. The molecule has 1 atom stereocenters. The van der Waals surface area contributed by atoms with Crippen LogP contribution in [0.5, 0.6) is 0 Å². The smallest absolute Gasteiger partial charge is 0.254 e. The van der Waals surface area contributed by atoms with Gasteiger partial charge in [-0.25, -0.2) is 4.98 Å². The van der Waals surface area contributed by atoms with Crippen LogP contribution < -0.4 is 0 Å². The maximum absolute atomic E-state index is 13.4. The van der Waals surface area contributed by atoms with Crippen LogP contribution in [0.2, 0.25) is 0 Å². The Morgan fingerprint density at radius 1 is 1.15 bits per heavy atom. The van der Waals surface area contributed by atoms with Gasteiger partial charge in [-0.1, -0.05) is 36.4 Å². The number of imidazole rings is 1. The van der Waals surface area contributed by atoms with Gasteiger partial charge in [-0.15, -0.1) is 0 Å². The van der Waals surface area contributed by atoms with E-state index in [1.54, 1.807) is 12.5 Å². The molecule has 2 heterocycles. The third kappa shape index (κ3) is 3.52. The highest BCUT2D eigenvalue weighted by Gasteiger charge is 2.31. The second-order valence-corrected chi connectivity index (χ2v) is 7.39. The van der Waals surface area contributed by atoms with Gasteiger partial charge in [0.05, 0.1) is 12.4 Å². The van der Waals surface area contributed by atoms with E-state index in [9.17, 15) is 4.79 Å². The molecule has 0 N–H and O–H groups in total. The number of nitrogens with zero attached hydrogens (tertiary/aromatic N) is 3. The van der Waals surface area contributed by atoms with E-state index in [0.29, 0.717) is 6.54 Å². The fourth-order valence-electron chi connectivity index (χ4n) is 3.93. The molecule has 1 fully saturated rings. The Hall–Kier alpha value is -2.88. The van der Waals surface area contributed by atoms with Gasteiger partial charge < -0.3 is 9.47 Å². The number of carbonyl (C=O) groups is 1. The lowest BCUT2D eigenvalue weighted by Gasteiger charge is -2.26. The van der Waals surface area contributed by atoms with Crippen molar-refractivity contribution in [3.8, 4) is 0 Å². The molecule has 138 valence electrons. The molecule has 3 aromatic rings. The van der Waals surface area contributed by atoms with Crippen molar-refractivity contribution in [3.63, 3.8) is 0 Å². The zero-order chi connectivity index (χ0) is 18.8. The normalized spacial score (nSPS) is 16.7. The van der Waals surface area contributed by atoms with Gasteiger partial charge in [0.25, 0.3) is 5.91 Å². The van der Waals surface area contributed by atoms with E-state index in [1.165, 1.54) is 16.7 Å². The molecule has 4 nitrogen and oxygen atoms in total. The molecule has 0 spiro atoms. The first-order chi connectivity index (χ1) is 13.1. The van der Waals surface area contributed by atoms with Crippen LogP contribution in [-0.4, -0.2) is 26.9 Å². The maximum Gasteiger partial charge on any atom is 0.254 e. The van der Waals surface area contributed by atoms with Crippen molar-refractivity contribution in [3.05, 3.63) is 89.0 Å². The first-order valence-corrected chi connectivity index (χ1v) is 9.55. The Balaban J connectivity index is 1.63. The quantitative estimate of drug-likeness (QED) is 0.687. The van der Waals surface area contributed by atoms with Crippen LogP contribution in [0.25, 0.3) is 0 Å². The van der Waals surface area contributed by atoms with Crippen LogP contribution in [0.4, 0.5) is 0 Å². The molecule has 2 aromatic carbocycles. The van der Waals surface area contributed by atoms with Gasteiger partial charge in [0.15, 0.2) is 0 Å². The molecule has 1 aromatic heterocycles. The number of aryl methyl sites for hydroxylation is 2. The van der Waals surface area contributed by atoms with Crippen molar-refractivity contribution in [2.24, 2.45) is 0 Å². The zero-order valence-corrected chi connectivity index (χ0v) is 15.9. The summed E-state index contributed by atoms with van der Waals surface area (Å²) in [6.45, 7) is 5.74. The number of benzene rings is 2. The minimum absolute atomic E-state index is 0.131. The van der Waals surface area contributed by atoms with Gasteiger partial charge in [-0.05, 0) is 55.0 Å². The second-order valence-electron chi connectivity index (χ2n) is 7.39. The van der Waals surface area contributed by atoms with Crippen LogP contribution in [0.15, 0.2) is 61.2 Å². The predicted octanol–water partition coefficient (Wildman–Crippen LogP) is 4.53. The number of carbonyl (C=O) groups excluding carboxylic acids is 1. The largest absolute Gasteiger partial charge is 0.333 e. The van der Waals surface area contributed by atoms with E-state index in [1.807, 2.05) is 35.0 Å². The van der Waals surface area contributed by atoms with E-state index >= 15 is 0 Å².